The molecule has 18 heavy (non-hydrogen) atoms. The molecule has 7 heteroatoms. The van der Waals surface area contributed by atoms with Gasteiger partial charge in [-0.1, -0.05) is 0 Å². The second-order valence-corrected chi connectivity index (χ2v) is 4.32. The van der Waals surface area contributed by atoms with Crippen LogP contribution in [-0.4, -0.2) is 35.0 Å². The molecule has 1 saturated heterocycles. The molecule has 1 fully saturated rings. The maximum absolute atomic E-state index is 11.7. The summed E-state index contributed by atoms with van der Waals surface area (Å²) in [4.78, 5) is 33.6. The zero-order valence-electron chi connectivity index (χ0n) is 9.97. The van der Waals surface area contributed by atoms with Crippen molar-refractivity contribution < 1.29 is 19.5 Å². The number of carbonyl (C=O) groups excluding carboxylic acids is 2. The molecule has 0 aromatic heterocycles. The van der Waals surface area contributed by atoms with E-state index in [4.69, 9.17) is 10.4 Å². The van der Waals surface area contributed by atoms with Crippen LogP contribution in [0.25, 0.3) is 0 Å². The van der Waals surface area contributed by atoms with Gasteiger partial charge in [-0.15, -0.1) is 0 Å². The smallest absolute Gasteiger partial charge is 0.326 e. The summed E-state index contributed by atoms with van der Waals surface area (Å²) >= 11 is 0. The minimum absolute atomic E-state index is 0.0399. The lowest BCUT2D eigenvalue weighted by Gasteiger charge is -2.18. The minimum atomic E-state index is -1.19. The fourth-order valence-corrected chi connectivity index (χ4v) is 1.71. The average Bonchev–Trinajstić information content (AvgIpc) is 2.74. The number of carboxylic acids is 1. The Morgan fingerprint density at radius 2 is 2.33 bits per heavy atom. The van der Waals surface area contributed by atoms with Crippen molar-refractivity contribution in [1.29, 1.82) is 5.26 Å². The Balaban J connectivity index is 2.56. The van der Waals surface area contributed by atoms with Crippen molar-refractivity contribution in [2.75, 3.05) is 0 Å². The maximum Gasteiger partial charge on any atom is 0.326 e. The van der Waals surface area contributed by atoms with Crippen molar-refractivity contribution >= 4 is 17.8 Å². The molecular formula is C11H15N3O4. The van der Waals surface area contributed by atoms with Crippen LogP contribution in [0.2, 0.25) is 0 Å². The summed E-state index contributed by atoms with van der Waals surface area (Å²) in [5, 5.41) is 22.4. The van der Waals surface area contributed by atoms with Crippen LogP contribution in [0.3, 0.4) is 0 Å². The fraction of sp³-hybridized carbons (Fsp3) is 0.636. The summed E-state index contributed by atoms with van der Waals surface area (Å²) in [5.74, 6) is -2.38. The topological polar surface area (TPSA) is 119 Å². The highest BCUT2D eigenvalue weighted by Crippen LogP contribution is 2.09. The third-order valence-corrected chi connectivity index (χ3v) is 2.74. The van der Waals surface area contributed by atoms with Gasteiger partial charge in [0.05, 0.1) is 6.07 Å². The van der Waals surface area contributed by atoms with E-state index in [1.54, 1.807) is 6.92 Å². The molecule has 1 aliphatic rings. The van der Waals surface area contributed by atoms with E-state index >= 15 is 0 Å². The van der Waals surface area contributed by atoms with Gasteiger partial charge in [0.15, 0.2) is 0 Å². The number of amides is 2. The number of aliphatic carboxylic acids is 1. The fourth-order valence-electron chi connectivity index (χ4n) is 1.71. The van der Waals surface area contributed by atoms with Crippen molar-refractivity contribution in [3.8, 4) is 6.07 Å². The van der Waals surface area contributed by atoms with Gasteiger partial charge in [0.1, 0.15) is 12.1 Å². The molecule has 0 unspecified atom stereocenters. The second kappa shape index (κ2) is 6.00. The highest BCUT2D eigenvalue weighted by molar-refractivity contribution is 5.92. The summed E-state index contributed by atoms with van der Waals surface area (Å²) in [7, 11) is 0. The second-order valence-electron chi connectivity index (χ2n) is 4.32. The van der Waals surface area contributed by atoms with Crippen LogP contribution >= 0.6 is 0 Å². The number of hydrogen-bond acceptors (Lipinski definition) is 4. The molecule has 0 bridgehead atoms. The quantitative estimate of drug-likeness (QED) is 0.603. The molecule has 2 amide bonds. The van der Waals surface area contributed by atoms with Gasteiger partial charge in [-0.25, -0.2) is 4.79 Å². The standard InChI is InChI=1S/C11H15N3O4/c1-6(5-12)4-8(11(17)18)14-10(16)7-2-3-9(15)13-7/h6-8H,2-4H2,1H3,(H,13,15)(H,14,16)(H,17,18)/t6-,7-,8+/m0/s1. The van der Waals surface area contributed by atoms with Crippen molar-refractivity contribution in [2.45, 2.75) is 38.3 Å². The van der Waals surface area contributed by atoms with Crippen LogP contribution in [0.15, 0.2) is 0 Å². The molecule has 98 valence electrons. The summed E-state index contributed by atoms with van der Waals surface area (Å²) in [6.07, 6.45) is 0.674. The lowest BCUT2D eigenvalue weighted by Crippen LogP contribution is -2.49. The largest absolute Gasteiger partial charge is 0.480 e. The number of rotatable bonds is 5. The molecule has 0 radical (unpaired) electrons. The lowest BCUT2D eigenvalue weighted by molar-refractivity contribution is -0.142. The van der Waals surface area contributed by atoms with Gasteiger partial charge >= 0.3 is 5.97 Å². The van der Waals surface area contributed by atoms with Gasteiger partial charge < -0.3 is 15.7 Å². The first-order valence-electron chi connectivity index (χ1n) is 5.66. The Labute approximate surface area is 104 Å². The van der Waals surface area contributed by atoms with Gasteiger partial charge in [0.2, 0.25) is 11.8 Å². The van der Waals surface area contributed by atoms with Gasteiger partial charge in [-0.05, 0) is 19.8 Å². The molecule has 3 atom stereocenters. The van der Waals surface area contributed by atoms with Gasteiger partial charge in [0, 0.05) is 12.3 Å². The first kappa shape index (κ1) is 14.0. The molecule has 7 nitrogen and oxygen atoms in total. The van der Waals surface area contributed by atoms with Gasteiger partial charge in [-0.2, -0.15) is 5.26 Å². The number of hydrogen-bond donors (Lipinski definition) is 3. The molecule has 0 aromatic carbocycles. The van der Waals surface area contributed by atoms with E-state index in [0.717, 1.165) is 0 Å². The minimum Gasteiger partial charge on any atom is -0.480 e. The van der Waals surface area contributed by atoms with E-state index in [1.807, 2.05) is 6.07 Å². The SMILES string of the molecule is C[C@H](C#N)C[C@@H](NC(=O)[C@@H]1CCC(=O)N1)C(=O)O. The third-order valence-electron chi connectivity index (χ3n) is 2.74. The predicted octanol–water partition coefficient (Wildman–Crippen LogP) is -0.616. The number of carboxylic acid groups (broad SMARTS) is 1. The number of carbonyl (C=O) groups is 3. The van der Waals surface area contributed by atoms with Gasteiger partial charge in [-0.3, -0.25) is 9.59 Å². The van der Waals surface area contributed by atoms with Crippen LogP contribution < -0.4 is 10.6 Å². The van der Waals surface area contributed by atoms with E-state index in [-0.39, 0.29) is 18.7 Å². The Bertz CT molecular complexity index is 402. The first-order chi connectivity index (χ1) is 8.43. The summed E-state index contributed by atoms with van der Waals surface area (Å²) in [6, 6.07) is 0.139. The van der Waals surface area contributed by atoms with Crippen molar-refractivity contribution in [1.82, 2.24) is 10.6 Å². The third kappa shape index (κ3) is 3.73. The number of nitrogens with one attached hydrogen (secondary N) is 2. The van der Waals surface area contributed by atoms with E-state index in [9.17, 15) is 14.4 Å². The van der Waals surface area contributed by atoms with E-state index in [1.165, 1.54) is 0 Å². The Kier molecular flexibility index (Phi) is 4.66. The van der Waals surface area contributed by atoms with Crippen LogP contribution in [0.1, 0.15) is 26.2 Å². The van der Waals surface area contributed by atoms with Crippen LogP contribution in [-0.2, 0) is 14.4 Å². The summed E-state index contributed by atoms with van der Waals surface area (Å²) in [6.45, 7) is 1.58. The van der Waals surface area contributed by atoms with E-state index in [0.29, 0.717) is 6.42 Å². The number of nitrogens with zero attached hydrogens (tertiary/aromatic N) is 1. The number of nitriles is 1. The van der Waals surface area contributed by atoms with Crippen LogP contribution in [0.5, 0.6) is 0 Å². The molecule has 0 aliphatic carbocycles. The summed E-state index contributed by atoms with van der Waals surface area (Å²) < 4.78 is 0. The first-order valence-corrected chi connectivity index (χ1v) is 5.66. The van der Waals surface area contributed by atoms with Crippen LogP contribution in [0, 0.1) is 17.2 Å². The predicted molar refractivity (Wildman–Crippen MR) is 60.1 cm³/mol. The molecule has 1 rings (SSSR count). The highest BCUT2D eigenvalue weighted by Gasteiger charge is 2.30. The zero-order valence-corrected chi connectivity index (χ0v) is 9.97. The lowest BCUT2D eigenvalue weighted by atomic mass is 10.0. The Morgan fingerprint density at radius 1 is 1.67 bits per heavy atom. The van der Waals surface area contributed by atoms with E-state index in [2.05, 4.69) is 10.6 Å². The molecule has 3 N–H and O–H groups in total. The zero-order chi connectivity index (χ0) is 13.7. The highest BCUT2D eigenvalue weighted by atomic mass is 16.4. The molecule has 1 heterocycles. The van der Waals surface area contributed by atoms with Crippen molar-refractivity contribution in [3.05, 3.63) is 0 Å². The molecule has 1 aliphatic heterocycles. The van der Waals surface area contributed by atoms with Gasteiger partial charge in [0.25, 0.3) is 0 Å². The maximum atomic E-state index is 11.7. The van der Waals surface area contributed by atoms with Crippen LogP contribution in [0.4, 0.5) is 0 Å². The Morgan fingerprint density at radius 3 is 2.78 bits per heavy atom. The van der Waals surface area contributed by atoms with E-state index < -0.39 is 29.9 Å². The molecule has 0 spiro atoms. The Hall–Kier alpha value is -2.10. The molecular weight excluding hydrogens is 238 g/mol. The van der Waals surface area contributed by atoms with Crippen molar-refractivity contribution in [2.24, 2.45) is 5.92 Å². The molecule has 0 aromatic rings. The van der Waals surface area contributed by atoms with Crippen molar-refractivity contribution in [3.63, 3.8) is 0 Å². The molecule has 0 saturated carbocycles. The monoisotopic (exact) mass is 253 g/mol. The summed E-state index contributed by atoms with van der Waals surface area (Å²) in [5.41, 5.74) is 0. The normalized spacial score (nSPS) is 21.6. The average molecular weight is 253 g/mol.